The highest BCUT2D eigenvalue weighted by atomic mass is 16.5. The zero-order chi connectivity index (χ0) is 13.9. The lowest BCUT2D eigenvalue weighted by Crippen LogP contribution is -2.30. The van der Waals surface area contributed by atoms with Crippen molar-refractivity contribution >= 4 is 22.7 Å². The van der Waals surface area contributed by atoms with E-state index in [1.54, 1.807) is 6.07 Å². The van der Waals surface area contributed by atoms with Gasteiger partial charge in [-0.1, -0.05) is 17.3 Å². The molecule has 0 spiro atoms. The van der Waals surface area contributed by atoms with Gasteiger partial charge in [0.15, 0.2) is 17.5 Å². The van der Waals surface area contributed by atoms with Gasteiger partial charge in [0.1, 0.15) is 5.69 Å². The summed E-state index contributed by atoms with van der Waals surface area (Å²) in [5.74, 6) is -0.404. The molecule has 1 fully saturated rings. The Hall–Kier alpha value is -2.17. The summed E-state index contributed by atoms with van der Waals surface area (Å²) in [4.78, 5) is 23.5. The van der Waals surface area contributed by atoms with Gasteiger partial charge in [0.05, 0.1) is 6.42 Å². The third-order valence-electron chi connectivity index (χ3n) is 3.54. The van der Waals surface area contributed by atoms with Crippen LogP contribution in [0.2, 0.25) is 0 Å². The number of hydrogen-bond donors (Lipinski definition) is 0. The Kier molecular flexibility index (Phi) is 3.50. The van der Waals surface area contributed by atoms with Crippen molar-refractivity contribution in [3.05, 3.63) is 30.0 Å². The van der Waals surface area contributed by atoms with Crippen LogP contribution in [0.5, 0.6) is 0 Å². The van der Waals surface area contributed by atoms with Gasteiger partial charge in [-0.2, -0.15) is 0 Å². The highest BCUT2D eigenvalue weighted by Crippen LogP contribution is 2.20. The van der Waals surface area contributed by atoms with Crippen molar-refractivity contribution in [2.24, 2.45) is 0 Å². The molecule has 1 heterocycles. The van der Waals surface area contributed by atoms with Crippen molar-refractivity contribution in [2.45, 2.75) is 38.2 Å². The molecule has 2 aromatic rings. The fourth-order valence-electron chi connectivity index (χ4n) is 2.48. The highest BCUT2D eigenvalue weighted by Gasteiger charge is 2.26. The molecule has 5 nitrogen and oxygen atoms in total. The lowest BCUT2D eigenvalue weighted by molar-refractivity contribution is -0.156. The molecule has 0 amide bonds. The number of esters is 1. The normalized spacial score (nSPS) is 19.2. The van der Waals surface area contributed by atoms with Crippen LogP contribution in [-0.2, 0) is 20.7 Å². The van der Waals surface area contributed by atoms with E-state index in [4.69, 9.17) is 9.26 Å². The van der Waals surface area contributed by atoms with Crippen LogP contribution in [0.1, 0.15) is 31.4 Å². The number of hydrogen-bond acceptors (Lipinski definition) is 5. The van der Waals surface area contributed by atoms with Crippen LogP contribution in [0, 0.1) is 0 Å². The molecule has 1 aromatic carbocycles. The van der Waals surface area contributed by atoms with Gasteiger partial charge in [0.2, 0.25) is 0 Å². The number of ether oxygens (including phenoxy) is 1. The molecule has 0 bridgehead atoms. The fourth-order valence-corrected chi connectivity index (χ4v) is 2.48. The van der Waals surface area contributed by atoms with E-state index in [0.717, 1.165) is 18.2 Å². The van der Waals surface area contributed by atoms with Gasteiger partial charge in [-0.3, -0.25) is 9.59 Å². The Labute approximate surface area is 115 Å². The molecule has 1 aliphatic carbocycles. The lowest BCUT2D eigenvalue weighted by Gasteiger charge is -2.20. The zero-order valence-corrected chi connectivity index (χ0v) is 11.0. The van der Waals surface area contributed by atoms with Crippen LogP contribution < -0.4 is 0 Å². The molecular formula is C15H15NO4. The lowest BCUT2D eigenvalue weighted by atomic mass is 9.96. The van der Waals surface area contributed by atoms with Crippen LogP contribution in [0.15, 0.2) is 28.8 Å². The molecule has 0 unspecified atom stereocenters. The molecule has 0 radical (unpaired) electrons. The topological polar surface area (TPSA) is 69.4 Å². The number of benzene rings is 1. The number of carbonyl (C=O) groups is 2. The number of fused-ring (bicyclic) bond motifs is 1. The Morgan fingerprint density at radius 2 is 2.20 bits per heavy atom. The SMILES string of the molecule is O=C(Cc1noc2ccccc12)O[C@@H]1CCCCC1=O. The average Bonchev–Trinajstić information content (AvgIpc) is 2.85. The summed E-state index contributed by atoms with van der Waals surface area (Å²) >= 11 is 0. The highest BCUT2D eigenvalue weighted by molar-refractivity contribution is 5.88. The second-order valence-electron chi connectivity index (χ2n) is 4.99. The van der Waals surface area contributed by atoms with Gasteiger partial charge in [-0.05, 0) is 31.4 Å². The van der Waals surface area contributed by atoms with Crippen LogP contribution in [0.25, 0.3) is 11.0 Å². The van der Waals surface area contributed by atoms with Crippen LogP contribution in [-0.4, -0.2) is 23.0 Å². The van der Waals surface area contributed by atoms with Crippen molar-refractivity contribution < 1.29 is 18.8 Å². The molecule has 1 aromatic heterocycles. The average molecular weight is 273 g/mol. The number of aromatic nitrogens is 1. The molecule has 5 heteroatoms. The summed E-state index contributed by atoms with van der Waals surface area (Å²) < 4.78 is 10.4. The van der Waals surface area contributed by atoms with Gasteiger partial charge in [0.25, 0.3) is 0 Å². The van der Waals surface area contributed by atoms with Crippen molar-refractivity contribution in [1.29, 1.82) is 0 Å². The third kappa shape index (κ3) is 2.57. The number of carbonyl (C=O) groups excluding carboxylic acids is 2. The Morgan fingerprint density at radius 1 is 1.35 bits per heavy atom. The fraction of sp³-hybridized carbons (Fsp3) is 0.400. The van der Waals surface area contributed by atoms with E-state index >= 15 is 0 Å². The molecule has 104 valence electrons. The van der Waals surface area contributed by atoms with E-state index in [-0.39, 0.29) is 12.2 Å². The largest absolute Gasteiger partial charge is 0.454 e. The second kappa shape index (κ2) is 5.45. The van der Waals surface area contributed by atoms with E-state index in [9.17, 15) is 9.59 Å². The van der Waals surface area contributed by atoms with Gasteiger partial charge >= 0.3 is 5.97 Å². The summed E-state index contributed by atoms with van der Waals surface area (Å²) in [6.45, 7) is 0. The third-order valence-corrected chi connectivity index (χ3v) is 3.54. The van der Waals surface area contributed by atoms with E-state index in [2.05, 4.69) is 5.16 Å². The first-order valence-electron chi connectivity index (χ1n) is 6.79. The van der Waals surface area contributed by atoms with E-state index in [0.29, 0.717) is 24.1 Å². The van der Waals surface area contributed by atoms with Crippen molar-refractivity contribution in [1.82, 2.24) is 5.16 Å². The van der Waals surface area contributed by atoms with Crippen molar-refractivity contribution in [3.63, 3.8) is 0 Å². The molecule has 0 aliphatic heterocycles. The maximum Gasteiger partial charge on any atom is 0.312 e. The first-order valence-corrected chi connectivity index (χ1v) is 6.79. The van der Waals surface area contributed by atoms with Gasteiger partial charge in [-0.25, -0.2) is 0 Å². The van der Waals surface area contributed by atoms with Gasteiger partial charge < -0.3 is 9.26 Å². The number of Topliss-reactive ketones (excluding diaryl/α,β-unsaturated/α-hetero) is 1. The molecule has 1 aliphatic rings. The summed E-state index contributed by atoms with van der Waals surface area (Å²) in [6.07, 6.45) is 2.40. The van der Waals surface area contributed by atoms with Crippen molar-refractivity contribution in [2.75, 3.05) is 0 Å². The van der Waals surface area contributed by atoms with E-state index in [1.165, 1.54) is 0 Å². The summed E-state index contributed by atoms with van der Waals surface area (Å²) in [5, 5.41) is 4.69. The minimum Gasteiger partial charge on any atom is -0.454 e. The predicted octanol–water partition coefficient (Wildman–Crippen LogP) is 2.43. The summed E-state index contributed by atoms with van der Waals surface area (Å²) in [6, 6.07) is 7.34. The quantitative estimate of drug-likeness (QED) is 0.803. The zero-order valence-electron chi connectivity index (χ0n) is 11.0. The molecule has 1 saturated carbocycles. The molecule has 0 saturated heterocycles. The smallest absolute Gasteiger partial charge is 0.312 e. The number of rotatable bonds is 3. The molecular weight excluding hydrogens is 258 g/mol. The monoisotopic (exact) mass is 273 g/mol. The van der Waals surface area contributed by atoms with Gasteiger partial charge in [0, 0.05) is 11.8 Å². The maximum atomic E-state index is 11.9. The first-order chi connectivity index (χ1) is 9.74. The van der Waals surface area contributed by atoms with Gasteiger partial charge in [-0.15, -0.1) is 0 Å². The van der Waals surface area contributed by atoms with E-state index in [1.807, 2.05) is 18.2 Å². The first kappa shape index (κ1) is 12.8. The maximum absolute atomic E-state index is 11.9. The molecule has 3 rings (SSSR count). The summed E-state index contributed by atoms with van der Waals surface area (Å²) in [5.41, 5.74) is 1.19. The molecule has 1 atom stereocenters. The summed E-state index contributed by atoms with van der Waals surface area (Å²) in [7, 11) is 0. The Balaban J connectivity index is 1.68. The van der Waals surface area contributed by atoms with Crippen molar-refractivity contribution in [3.8, 4) is 0 Å². The predicted molar refractivity (Wildman–Crippen MR) is 71.1 cm³/mol. The Morgan fingerprint density at radius 3 is 3.05 bits per heavy atom. The van der Waals surface area contributed by atoms with E-state index < -0.39 is 12.1 Å². The minimum atomic E-state index is -0.575. The number of para-hydroxylation sites is 1. The molecule has 0 N–H and O–H groups in total. The van der Waals surface area contributed by atoms with Crippen LogP contribution in [0.3, 0.4) is 0 Å². The number of nitrogens with zero attached hydrogens (tertiary/aromatic N) is 1. The Bertz CT molecular complexity index is 646. The van der Waals surface area contributed by atoms with Crippen LogP contribution in [0.4, 0.5) is 0 Å². The molecule has 20 heavy (non-hydrogen) atoms. The number of ketones is 1. The standard InChI is InChI=1S/C15H15NO4/c17-12-6-2-4-8-14(12)19-15(18)9-11-10-5-1-3-7-13(10)20-16-11/h1,3,5,7,14H,2,4,6,8-9H2/t14-/m1/s1. The minimum absolute atomic E-state index is 0.0228. The second-order valence-corrected chi connectivity index (χ2v) is 4.99. The van der Waals surface area contributed by atoms with Crippen LogP contribution >= 0.6 is 0 Å².